The average molecular weight is 220 g/mol. The highest BCUT2D eigenvalue weighted by Gasteiger charge is 2.15. The first kappa shape index (κ1) is 10.2. The van der Waals surface area contributed by atoms with Crippen LogP contribution in [-0.2, 0) is 0 Å². The summed E-state index contributed by atoms with van der Waals surface area (Å²) in [6.07, 6.45) is 4.78. The van der Waals surface area contributed by atoms with E-state index in [1.807, 2.05) is 6.92 Å². The van der Waals surface area contributed by atoms with E-state index in [0.29, 0.717) is 5.69 Å². The lowest BCUT2D eigenvalue weighted by Gasteiger charge is -2.11. The lowest BCUT2D eigenvalue weighted by molar-refractivity contribution is 0.0935. The van der Waals surface area contributed by atoms with Gasteiger partial charge < -0.3 is 11.1 Å². The summed E-state index contributed by atoms with van der Waals surface area (Å²) >= 11 is 0. The van der Waals surface area contributed by atoms with Crippen molar-refractivity contribution < 1.29 is 4.79 Å². The van der Waals surface area contributed by atoms with Gasteiger partial charge in [0.2, 0.25) is 0 Å². The van der Waals surface area contributed by atoms with Crippen molar-refractivity contribution in [3.8, 4) is 0 Å². The molecule has 0 spiro atoms. The van der Waals surface area contributed by atoms with E-state index >= 15 is 0 Å². The first-order valence-electron chi connectivity index (χ1n) is 4.77. The maximum atomic E-state index is 11.7. The Kier molecular flexibility index (Phi) is 2.59. The monoisotopic (exact) mass is 220 g/mol. The molecule has 2 aromatic rings. The average Bonchev–Trinajstić information content (AvgIpc) is 2.86. The number of nitrogens with two attached hydrogens (primary N) is 1. The van der Waals surface area contributed by atoms with E-state index < -0.39 is 0 Å². The molecule has 0 aromatic carbocycles. The molecule has 5 N–H and O–H groups in total. The van der Waals surface area contributed by atoms with Gasteiger partial charge in [-0.1, -0.05) is 0 Å². The predicted molar refractivity (Wildman–Crippen MR) is 57.5 cm³/mol. The molecular weight excluding hydrogens is 208 g/mol. The fourth-order valence-electron chi connectivity index (χ4n) is 1.33. The molecule has 0 saturated carbocycles. The van der Waals surface area contributed by atoms with Gasteiger partial charge in [-0.3, -0.25) is 15.0 Å². The number of carbonyl (C=O) groups is 1. The molecule has 0 aliphatic rings. The third-order valence-electron chi connectivity index (χ3n) is 2.26. The number of aromatic amines is 2. The van der Waals surface area contributed by atoms with Crippen molar-refractivity contribution in [2.45, 2.75) is 13.0 Å². The minimum Gasteiger partial charge on any atom is -0.396 e. The van der Waals surface area contributed by atoms with Crippen molar-refractivity contribution in [3.05, 3.63) is 29.8 Å². The lowest BCUT2D eigenvalue weighted by atomic mass is 10.2. The van der Waals surface area contributed by atoms with Gasteiger partial charge in [-0.05, 0) is 6.92 Å². The Hall–Kier alpha value is -2.31. The number of rotatable bonds is 3. The molecule has 0 aliphatic carbocycles. The Morgan fingerprint density at radius 1 is 1.50 bits per heavy atom. The van der Waals surface area contributed by atoms with E-state index in [4.69, 9.17) is 5.73 Å². The SMILES string of the molecule is CC(NC(=O)c1[nH]ncc1N)c1cn[nH]c1. The Balaban J connectivity index is 2.06. The Bertz CT molecular complexity index is 474. The van der Waals surface area contributed by atoms with Crippen LogP contribution >= 0.6 is 0 Å². The zero-order valence-electron chi connectivity index (χ0n) is 8.69. The Labute approximate surface area is 91.4 Å². The van der Waals surface area contributed by atoms with Gasteiger partial charge in [0.15, 0.2) is 0 Å². The first-order valence-corrected chi connectivity index (χ1v) is 4.77. The molecule has 0 fully saturated rings. The van der Waals surface area contributed by atoms with Gasteiger partial charge in [0, 0.05) is 11.8 Å². The highest BCUT2D eigenvalue weighted by atomic mass is 16.2. The number of nitrogens with zero attached hydrogens (tertiary/aromatic N) is 2. The first-order chi connectivity index (χ1) is 7.68. The smallest absolute Gasteiger partial charge is 0.271 e. The van der Waals surface area contributed by atoms with Crippen LogP contribution in [-0.4, -0.2) is 26.3 Å². The van der Waals surface area contributed by atoms with Crippen molar-refractivity contribution in [3.63, 3.8) is 0 Å². The number of nitrogen functional groups attached to an aromatic ring is 1. The largest absolute Gasteiger partial charge is 0.396 e. The number of nitrogens with one attached hydrogen (secondary N) is 3. The number of amides is 1. The predicted octanol–water partition coefficient (Wildman–Crippen LogP) is 0.206. The zero-order valence-corrected chi connectivity index (χ0v) is 8.69. The summed E-state index contributed by atoms with van der Waals surface area (Å²) in [6.45, 7) is 1.86. The van der Waals surface area contributed by atoms with Crippen molar-refractivity contribution >= 4 is 11.6 Å². The van der Waals surface area contributed by atoms with Crippen LogP contribution in [0.3, 0.4) is 0 Å². The lowest BCUT2D eigenvalue weighted by Crippen LogP contribution is -2.27. The van der Waals surface area contributed by atoms with Crippen LogP contribution in [0.4, 0.5) is 5.69 Å². The molecule has 1 amide bonds. The minimum atomic E-state index is -0.288. The Morgan fingerprint density at radius 2 is 2.31 bits per heavy atom. The molecule has 0 aliphatic heterocycles. The summed E-state index contributed by atoms with van der Waals surface area (Å²) in [5, 5.41) is 15.5. The van der Waals surface area contributed by atoms with Gasteiger partial charge in [0.05, 0.1) is 24.1 Å². The number of carbonyl (C=O) groups excluding carboxylic acids is 1. The van der Waals surface area contributed by atoms with E-state index in [0.717, 1.165) is 5.56 Å². The molecule has 2 heterocycles. The number of hydrogen-bond donors (Lipinski definition) is 4. The number of hydrogen-bond acceptors (Lipinski definition) is 4. The van der Waals surface area contributed by atoms with Gasteiger partial charge in [-0.15, -0.1) is 0 Å². The van der Waals surface area contributed by atoms with Gasteiger partial charge in [0.1, 0.15) is 5.69 Å². The number of aromatic nitrogens is 4. The fraction of sp³-hybridized carbons (Fsp3) is 0.222. The normalized spacial score (nSPS) is 12.3. The maximum Gasteiger partial charge on any atom is 0.271 e. The second-order valence-corrected chi connectivity index (χ2v) is 3.43. The molecule has 0 radical (unpaired) electrons. The van der Waals surface area contributed by atoms with E-state index in [1.54, 1.807) is 12.4 Å². The molecule has 1 atom stereocenters. The number of H-pyrrole nitrogens is 2. The summed E-state index contributed by atoms with van der Waals surface area (Å²) < 4.78 is 0. The minimum absolute atomic E-state index is 0.144. The molecule has 0 saturated heterocycles. The topological polar surface area (TPSA) is 112 Å². The van der Waals surface area contributed by atoms with Crippen molar-refractivity contribution in [2.24, 2.45) is 0 Å². The quantitative estimate of drug-likeness (QED) is 0.592. The van der Waals surface area contributed by atoms with Gasteiger partial charge in [-0.25, -0.2) is 0 Å². The van der Waals surface area contributed by atoms with Crippen molar-refractivity contribution in [1.29, 1.82) is 0 Å². The third kappa shape index (κ3) is 1.88. The maximum absolute atomic E-state index is 11.7. The second kappa shape index (κ2) is 4.05. The molecular formula is C9H12N6O. The summed E-state index contributed by atoms with van der Waals surface area (Å²) in [7, 11) is 0. The van der Waals surface area contributed by atoms with Gasteiger partial charge in [-0.2, -0.15) is 10.2 Å². The Morgan fingerprint density at radius 3 is 2.88 bits per heavy atom. The van der Waals surface area contributed by atoms with Crippen LogP contribution in [0.25, 0.3) is 0 Å². The second-order valence-electron chi connectivity index (χ2n) is 3.43. The number of anilines is 1. The van der Waals surface area contributed by atoms with Crippen molar-refractivity contribution in [1.82, 2.24) is 25.7 Å². The van der Waals surface area contributed by atoms with Crippen LogP contribution in [0.5, 0.6) is 0 Å². The van der Waals surface area contributed by atoms with E-state index in [9.17, 15) is 4.79 Å². The van der Waals surface area contributed by atoms with Crippen LogP contribution in [0, 0.1) is 0 Å². The summed E-state index contributed by atoms with van der Waals surface area (Å²) in [6, 6.07) is -0.144. The van der Waals surface area contributed by atoms with Crippen LogP contribution < -0.4 is 11.1 Å². The third-order valence-corrected chi connectivity index (χ3v) is 2.26. The highest BCUT2D eigenvalue weighted by Crippen LogP contribution is 2.12. The zero-order chi connectivity index (χ0) is 11.5. The molecule has 0 bridgehead atoms. The van der Waals surface area contributed by atoms with E-state index in [-0.39, 0.29) is 17.6 Å². The summed E-state index contributed by atoms with van der Waals surface area (Å²) in [4.78, 5) is 11.7. The van der Waals surface area contributed by atoms with Gasteiger partial charge in [0.25, 0.3) is 5.91 Å². The van der Waals surface area contributed by atoms with E-state index in [1.165, 1.54) is 6.20 Å². The summed E-state index contributed by atoms with van der Waals surface area (Å²) in [5.74, 6) is -0.288. The molecule has 2 aromatic heterocycles. The molecule has 84 valence electrons. The van der Waals surface area contributed by atoms with Crippen LogP contribution in [0.2, 0.25) is 0 Å². The fourth-order valence-corrected chi connectivity index (χ4v) is 1.33. The molecule has 2 rings (SSSR count). The highest BCUT2D eigenvalue weighted by molar-refractivity contribution is 5.97. The van der Waals surface area contributed by atoms with Crippen LogP contribution in [0.1, 0.15) is 29.0 Å². The van der Waals surface area contributed by atoms with Gasteiger partial charge >= 0.3 is 0 Å². The molecule has 1 unspecified atom stereocenters. The molecule has 7 heteroatoms. The van der Waals surface area contributed by atoms with Crippen LogP contribution in [0.15, 0.2) is 18.6 Å². The van der Waals surface area contributed by atoms with Crippen molar-refractivity contribution in [2.75, 3.05) is 5.73 Å². The molecule has 7 nitrogen and oxygen atoms in total. The standard InChI is InChI=1S/C9H12N6O/c1-5(6-2-11-12-3-6)14-9(16)8-7(10)4-13-15-8/h2-5H,10H2,1H3,(H,11,12)(H,13,15)(H,14,16). The molecule has 16 heavy (non-hydrogen) atoms. The summed E-state index contributed by atoms with van der Waals surface area (Å²) in [5.41, 5.74) is 7.06. The van der Waals surface area contributed by atoms with E-state index in [2.05, 4.69) is 25.7 Å².